The van der Waals surface area contributed by atoms with Gasteiger partial charge < -0.3 is 4.40 Å². The van der Waals surface area contributed by atoms with E-state index in [1.54, 1.807) is 0 Å². The Balaban J connectivity index is 0.896. The van der Waals surface area contributed by atoms with Gasteiger partial charge in [0, 0.05) is 38.2 Å². The van der Waals surface area contributed by atoms with Crippen molar-refractivity contribution in [2.24, 2.45) is 0 Å². The summed E-state index contributed by atoms with van der Waals surface area (Å²) in [5.74, 6) is 0. The SMILES string of the molecule is c1ccc2c(c1)-c1ccccc1-c1ncc3c(c1C1(c4ccccc4-2)c2ccccc2-c2ccccc21)c1cc(-c2ccc4c(c2)C2(c5ccccc5-c5ccccc52)c2ccccc2-4)cc2c4c5c(ncc4n3c12)C1(c2ccccc2-c2ccccc21)c1ccccc1C51c2ccccc2-c2ccccc21. The Kier molecular flexibility index (Phi) is 10.5. The number of hydrogen-bond acceptors (Lipinski definition) is 2. The van der Waals surface area contributed by atoms with Crippen molar-refractivity contribution >= 4 is 38.1 Å². The van der Waals surface area contributed by atoms with Crippen molar-refractivity contribution < 1.29 is 0 Å². The lowest BCUT2D eigenvalue weighted by Crippen LogP contribution is -2.44. The molecule has 15 aromatic carbocycles. The normalized spacial score (nSPS) is 15.2. The zero-order valence-electron chi connectivity index (χ0n) is 57.9. The Bertz CT molecular complexity index is 7100. The largest absolute Gasteiger partial charge is 0.305 e. The van der Waals surface area contributed by atoms with Crippen LogP contribution in [0.5, 0.6) is 0 Å². The van der Waals surface area contributed by atoms with Gasteiger partial charge in [-0.3, -0.25) is 9.97 Å². The Labute approximate surface area is 617 Å². The number of aromatic nitrogens is 3. The minimum Gasteiger partial charge on any atom is -0.305 e. The summed E-state index contributed by atoms with van der Waals surface area (Å²) in [6.07, 6.45) is 4.54. The average Bonchev–Trinajstić information content (AvgIpc) is 1.52. The van der Waals surface area contributed by atoms with Crippen LogP contribution >= 0.6 is 0 Å². The minimum atomic E-state index is -0.919. The van der Waals surface area contributed by atoms with Crippen LogP contribution in [0.3, 0.4) is 0 Å². The summed E-state index contributed by atoms with van der Waals surface area (Å²) in [7, 11) is 0. The quantitative estimate of drug-likeness (QED) is 0.164. The molecule has 0 aliphatic heterocycles. The first-order valence-corrected chi connectivity index (χ1v) is 37.6. The smallest absolute Gasteiger partial charge is 0.0892 e. The van der Waals surface area contributed by atoms with E-state index < -0.39 is 21.7 Å². The van der Waals surface area contributed by atoms with Crippen LogP contribution in [-0.4, -0.2) is 14.4 Å². The number of nitrogens with zero attached hydrogens (tertiary/aromatic N) is 3. The van der Waals surface area contributed by atoms with Gasteiger partial charge in [0.25, 0.3) is 0 Å². The fourth-order valence-corrected chi connectivity index (χ4v) is 23.0. The number of fused-ring (bicyclic) bond motifs is 48. The van der Waals surface area contributed by atoms with Gasteiger partial charge in [-0.2, -0.15) is 0 Å². The zero-order chi connectivity index (χ0) is 69.4. The average molecular weight is 1350 g/mol. The van der Waals surface area contributed by atoms with Crippen LogP contribution in [0.4, 0.5) is 0 Å². The third-order valence-electron chi connectivity index (χ3n) is 26.5. The van der Waals surface area contributed by atoms with E-state index in [-0.39, 0.29) is 0 Å². The first kappa shape index (κ1) is 56.9. The maximum Gasteiger partial charge on any atom is 0.0892 e. The molecular weight excluding hydrogens is 1290 g/mol. The third kappa shape index (κ3) is 6.37. The molecule has 4 heterocycles. The second kappa shape index (κ2) is 19.8. The summed E-state index contributed by atoms with van der Waals surface area (Å²) < 4.78 is 2.63. The zero-order valence-corrected chi connectivity index (χ0v) is 57.9. The van der Waals surface area contributed by atoms with E-state index in [4.69, 9.17) is 9.97 Å². The Morgan fingerprint density at radius 3 is 0.897 bits per heavy atom. The molecule has 107 heavy (non-hydrogen) atoms. The number of pyridine rings is 2. The molecule has 0 radical (unpaired) electrons. The van der Waals surface area contributed by atoms with Crippen molar-refractivity contribution in [3.63, 3.8) is 0 Å². The van der Waals surface area contributed by atoms with Crippen molar-refractivity contribution in [3.8, 4) is 100 Å². The highest BCUT2D eigenvalue weighted by Crippen LogP contribution is 2.71. The first-order chi connectivity index (χ1) is 53.1. The standard InChI is InChI=1S/C104H59N3/c1-2-28-63-62(27-1)64-29-3-4-40-76(64)98-96(102(82-44-18-5-30-65(63)82)83-45-19-9-33-68(83)69-34-10-20-46-84(69)102)94-77-55-61(60-53-54-75-74-39-8-17-43-81(74)101(91(75)57-60)79-41-15-6-31-66(79)67-32-7-16-42-80(67)101)56-78-95-93(107(99(77)78)92(94)58-105-98)59-106-100-97(95)103(85-47-21-11-35-70(85)71-36-12-22-48-86(71)103)89-51-25-26-52-90(89)104(100)87-49-23-13-37-72(87)73-38-14-24-50-88(73)104/h1-59H. The highest BCUT2D eigenvalue weighted by atomic mass is 15.0. The van der Waals surface area contributed by atoms with E-state index in [1.165, 1.54) is 177 Å². The molecule has 3 nitrogen and oxygen atoms in total. The van der Waals surface area contributed by atoms with Gasteiger partial charge in [0.05, 0.1) is 62.0 Å². The molecule has 0 fully saturated rings. The molecule has 26 rings (SSSR count). The van der Waals surface area contributed by atoms with E-state index in [2.05, 4.69) is 363 Å². The van der Waals surface area contributed by atoms with E-state index in [0.717, 1.165) is 50.2 Å². The van der Waals surface area contributed by atoms with Crippen molar-refractivity contribution in [2.75, 3.05) is 0 Å². The molecule has 4 aromatic heterocycles. The van der Waals surface area contributed by atoms with Gasteiger partial charge in [0.1, 0.15) is 0 Å². The van der Waals surface area contributed by atoms with E-state index in [9.17, 15) is 0 Å². The highest BCUT2D eigenvalue weighted by Gasteiger charge is 2.62. The monoisotopic (exact) mass is 1350 g/mol. The van der Waals surface area contributed by atoms with Crippen LogP contribution in [0, 0.1) is 0 Å². The van der Waals surface area contributed by atoms with Crippen LogP contribution in [0.2, 0.25) is 0 Å². The maximum absolute atomic E-state index is 6.36. The molecule has 19 aromatic rings. The molecule has 7 aliphatic rings. The van der Waals surface area contributed by atoms with Crippen LogP contribution in [-0.2, 0) is 21.7 Å². The summed E-state index contributed by atoms with van der Waals surface area (Å²) in [5, 5.41) is 4.72. The maximum atomic E-state index is 6.36. The number of hydrogen-bond donors (Lipinski definition) is 0. The predicted octanol–water partition coefficient (Wildman–Crippen LogP) is 24.4. The van der Waals surface area contributed by atoms with Gasteiger partial charge in [-0.15, -0.1) is 0 Å². The van der Waals surface area contributed by atoms with Crippen LogP contribution in [0.1, 0.15) is 89.1 Å². The Morgan fingerprint density at radius 2 is 0.486 bits per heavy atom. The molecular formula is C104H59N3. The van der Waals surface area contributed by atoms with Gasteiger partial charge in [0.2, 0.25) is 0 Å². The summed E-state index contributed by atoms with van der Waals surface area (Å²) in [6, 6.07) is 133. The molecule has 0 bridgehead atoms. The number of benzene rings is 15. The lowest BCUT2D eigenvalue weighted by molar-refractivity contribution is 0.618. The van der Waals surface area contributed by atoms with E-state index >= 15 is 0 Å². The summed E-state index contributed by atoms with van der Waals surface area (Å²) in [5.41, 5.74) is 41.8. The highest BCUT2D eigenvalue weighted by molar-refractivity contribution is 6.28. The topological polar surface area (TPSA) is 30.2 Å². The fourth-order valence-electron chi connectivity index (χ4n) is 23.0. The molecule has 4 spiro atoms. The minimum absolute atomic E-state index is 0.567. The lowest BCUT2D eigenvalue weighted by Gasteiger charge is -2.48. The molecule has 0 N–H and O–H groups in total. The van der Waals surface area contributed by atoms with E-state index in [0.29, 0.717) is 0 Å². The number of rotatable bonds is 1. The third-order valence-corrected chi connectivity index (χ3v) is 26.5. The van der Waals surface area contributed by atoms with Gasteiger partial charge in [-0.25, -0.2) is 0 Å². The van der Waals surface area contributed by atoms with Crippen molar-refractivity contribution in [1.82, 2.24) is 14.4 Å². The van der Waals surface area contributed by atoms with Crippen LogP contribution in [0.25, 0.3) is 138 Å². The first-order valence-electron chi connectivity index (χ1n) is 37.6. The van der Waals surface area contributed by atoms with Gasteiger partial charge in [0.15, 0.2) is 0 Å². The molecule has 0 saturated carbocycles. The van der Waals surface area contributed by atoms with E-state index in [1.807, 2.05) is 0 Å². The molecule has 490 valence electrons. The Hall–Kier alpha value is -13.6. The second-order valence-electron chi connectivity index (χ2n) is 30.6. The Morgan fingerprint density at radius 1 is 0.206 bits per heavy atom. The fraction of sp³-hybridized carbons (Fsp3) is 0.0385. The van der Waals surface area contributed by atoms with Crippen molar-refractivity contribution in [2.45, 2.75) is 21.7 Å². The lowest BCUT2D eigenvalue weighted by atomic mass is 9.53. The summed E-state index contributed by atoms with van der Waals surface area (Å²) in [6.45, 7) is 0. The van der Waals surface area contributed by atoms with Crippen LogP contribution in [0.15, 0.2) is 358 Å². The second-order valence-corrected chi connectivity index (χ2v) is 30.6. The molecule has 0 amide bonds. The van der Waals surface area contributed by atoms with Crippen molar-refractivity contribution in [3.05, 3.63) is 447 Å². The molecule has 3 heteroatoms. The summed E-state index contributed by atoms with van der Waals surface area (Å²) >= 11 is 0. The molecule has 7 aliphatic carbocycles. The van der Waals surface area contributed by atoms with Gasteiger partial charge in [-0.05, 0) is 180 Å². The molecule has 0 saturated heterocycles. The van der Waals surface area contributed by atoms with Gasteiger partial charge in [-0.1, -0.05) is 328 Å². The van der Waals surface area contributed by atoms with Crippen LogP contribution < -0.4 is 0 Å². The van der Waals surface area contributed by atoms with Gasteiger partial charge >= 0.3 is 0 Å². The summed E-state index contributed by atoms with van der Waals surface area (Å²) in [4.78, 5) is 12.5. The molecule has 0 unspecified atom stereocenters. The molecule has 0 atom stereocenters. The van der Waals surface area contributed by atoms with Crippen molar-refractivity contribution in [1.29, 1.82) is 0 Å². The predicted molar refractivity (Wildman–Crippen MR) is 434 cm³/mol.